The second kappa shape index (κ2) is 8.61. The minimum atomic E-state index is -0.621. The van der Waals surface area contributed by atoms with Crippen molar-refractivity contribution in [2.24, 2.45) is 0 Å². The summed E-state index contributed by atoms with van der Waals surface area (Å²) in [6, 6.07) is 11.1. The van der Waals surface area contributed by atoms with Gasteiger partial charge in [-0.15, -0.1) is 0 Å². The van der Waals surface area contributed by atoms with Gasteiger partial charge in [0, 0.05) is 32.1 Å². The van der Waals surface area contributed by atoms with Gasteiger partial charge in [-0.3, -0.25) is 19.5 Å². The fraction of sp³-hybridized carbons (Fsp3) is 0.409. The summed E-state index contributed by atoms with van der Waals surface area (Å²) in [5.41, 5.74) is 1.62. The largest absolute Gasteiger partial charge is 0.479 e. The molecule has 0 spiro atoms. The highest BCUT2D eigenvalue weighted by Gasteiger charge is 2.34. The van der Waals surface area contributed by atoms with Gasteiger partial charge in [0.1, 0.15) is 12.3 Å². The van der Waals surface area contributed by atoms with Crippen LogP contribution in [-0.4, -0.2) is 53.6 Å². The summed E-state index contributed by atoms with van der Waals surface area (Å²) in [6.07, 6.45) is 4.79. The van der Waals surface area contributed by atoms with Crippen LogP contribution in [0.25, 0.3) is 0 Å². The molecule has 2 amide bonds. The number of carbonyl (C=O) groups excluding carboxylic acids is 2. The SMILES string of the molecule is CC1Oc2ccccc2N(CC(=O)N(Cc2ccncc2)CC2CCCO2)C1=O. The van der Waals surface area contributed by atoms with Crippen LogP contribution in [0.5, 0.6) is 5.75 Å². The van der Waals surface area contributed by atoms with Crippen molar-refractivity contribution < 1.29 is 19.1 Å². The van der Waals surface area contributed by atoms with E-state index in [0.717, 1.165) is 25.0 Å². The minimum Gasteiger partial charge on any atom is -0.479 e. The van der Waals surface area contributed by atoms with Crippen molar-refractivity contribution in [1.82, 2.24) is 9.88 Å². The molecule has 0 N–H and O–H groups in total. The zero-order valence-corrected chi connectivity index (χ0v) is 16.5. The van der Waals surface area contributed by atoms with Crippen LogP contribution in [0.2, 0.25) is 0 Å². The number of fused-ring (bicyclic) bond motifs is 1. The van der Waals surface area contributed by atoms with Crippen LogP contribution in [0.4, 0.5) is 5.69 Å². The maximum Gasteiger partial charge on any atom is 0.268 e. The molecule has 7 nitrogen and oxygen atoms in total. The van der Waals surface area contributed by atoms with E-state index in [1.165, 1.54) is 4.90 Å². The molecule has 29 heavy (non-hydrogen) atoms. The normalized spacial score (nSPS) is 20.9. The summed E-state index contributed by atoms with van der Waals surface area (Å²) >= 11 is 0. The van der Waals surface area contributed by atoms with Crippen molar-refractivity contribution >= 4 is 17.5 Å². The van der Waals surface area contributed by atoms with Crippen molar-refractivity contribution in [1.29, 1.82) is 0 Å². The van der Waals surface area contributed by atoms with Gasteiger partial charge >= 0.3 is 0 Å². The molecule has 1 aromatic heterocycles. The van der Waals surface area contributed by atoms with Crippen LogP contribution in [0.1, 0.15) is 25.3 Å². The van der Waals surface area contributed by atoms with E-state index in [4.69, 9.17) is 9.47 Å². The Morgan fingerprint density at radius 2 is 2.03 bits per heavy atom. The van der Waals surface area contributed by atoms with Gasteiger partial charge < -0.3 is 14.4 Å². The van der Waals surface area contributed by atoms with Crippen LogP contribution in [-0.2, 0) is 20.9 Å². The third kappa shape index (κ3) is 4.40. The van der Waals surface area contributed by atoms with Crippen LogP contribution >= 0.6 is 0 Å². The van der Waals surface area contributed by atoms with E-state index in [9.17, 15) is 9.59 Å². The number of rotatable bonds is 6. The standard InChI is InChI=1S/C22H25N3O4/c1-16-22(27)25(19-6-2-3-7-20(19)29-16)15-21(26)24(14-18-5-4-12-28-18)13-17-8-10-23-11-9-17/h2-3,6-11,16,18H,4-5,12-15H2,1H3. The van der Waals surface area contributed by atoms with Gasteiger partial charge in [-0.25, -0.2) is 0 Å². The number of aromatic nitrogens is 1. The van der Waals surface area contributed by atoms with Gasteiger partial charge in [-0.05, 0) is 49.6 Å². The number of hydrogen-bond acceptors (Lipinski definition) is 5. The molecule has 0 aliphatic carbocycles. The van der Waals surface area contributed by atoms with Crippen molar-refractivity contribution in [3.8, 4) is 5.75 Å². The molecule has 1 saturated heterocycles. The van der Waals surface area contributed by atoms with Crippen molar-refractivity contribution in [3.05, 3.63) is 54.4 Å². The molecule has 3 heterocycles. The molecule has 7 heteroatoms. The summed E-state index contributed by atoms with van der Waals surface area (Å²) < 4.78 is 11.4. The number of ether oxygens (including phenoxy) is 2. The number of carbonyl (C=O) groups is 2. The quantitative estimate of drug-likeness (QED) is 0.751. The predicted molar refractivity (Wildman–Crippen MR) is 108 cm³/mol. The third-order valence-electron chi connectivity index (χ3n) is 5.29. The monoisotopic (exact) mass is 395 g/mol. The average Bonchev–Trinajstić information content (AvgIpc) is 3.25. The molecule has 0 bridgehead atoms. The first-order valence-corrected chi connectivity index (χ1v) is 9.97. The Kier molecular flexibility index (Phi) is 5.76. The molecule has 0 saturated carbocycles. The molecule has 2 unspecified atom stereocenters. The number of benzene rings is 1. The first kappa shape index (κ1) is 19.4. The smallest absolute Gasteiger partial charge is 0.268 e. The van der Waals surface area contributed by atoms with Gasteiger partial charge in [-0.2, -0.15) is 0 Å². The average molecular weight is 395 g/mol. The molecule has 152 valence electrons. The van der Waals surface area contributed by atoms with Crippen LogP contribution < -0.4 is 9.64 Å². The second-order valence-electron chi connectivity index (χ2n) is 7.42. The molecule has 2 aromatic rings. The summed E-state index contributed by atoms with van der Waals surface area (Å²) in [5.74, 6) is 0.291. The van der Waals surface area contributed by atoms with E-state index in [-0.39, 0.29) is 24.5 Å². The Balaban J connectivity index is 1.54. The van der Waals surface area contributed by atoms with E-state index in [2.05, 4.69) is 4.98 Å². The lowest BCUT2D eigenvalue weighted by atomic mass is 10.1. The summed E-state index contributed by atoms with van der Waals surface area (Å²) in [5, 5.41) is 0. The summed E-state index contributed by atoms with van der Waals surface area (Å²) in [6.45, 7) is 3.38. The topological polar surface area (TPSA) is 72.0 Å². The lowest BCUT2D eigenvalue weighted by molar-refractivity contribution is -0.134. The molecule has 2 aliphatic heterocycles. The maximum atomic E-state index is 13.3. The first-order chi connectivity index (χ1) is 14.1. The van der Waals surface area contributed by atoms with Gasteiger partial charge in [0.05, 0.1) is 11.8 Å². The van der Waals surface area contributed by atoms with Crippen molar-refractivity contribution in [2.45, 2.75) is 38.5 Å². The van der Waals surface area contributed by atoms with Crippen molar-refractivity contribution in [3.63, 3.8) is 0 Å². The number of pyridine rings is 1. The molecular formula is C22H25N3O4. The zero-order valence-electron chi connectivity index (χ0n) is 16.5. The number of hydrogen-bond donors (Lipinski definition) is 0. The van der Waals surface area contributed by atoms with Crippen molar-refractivity contribution in [2.75, 3.05) is 24.6 Å². The van der Waals surface area contributed by atoms with Gasteiger partial charge in [0.25, 0.3) is 5.91 Å². The Morgan fingerprint density at radius 3 is 2.79 bits per heavy atom. The molecule has 1 aromatic carbocycles. The number of para-hydroxylation sites is 2. The zero-order chi connectivity index (χ0) is 20.2. The van der Waals surface area contributed by atoms with E-state index in [0.29, 0.717) is 24.5 Å². The van der Waals surface area contributed by atoms with E-state index < -0.39 is 6.10 Å². The maximum absolute atomic E-state index is 13.3. The molecule has 0 radical (unpaired) electrons. The highest BCUT2D eigenvalue weighted by molar-refractivity contribution is 6.03. The fourth-order valence-electron chi connectivity index (χ4n) is 3.75. The first-order valence-electron chi connectivity index (χ1n) is 9.97. The number of nitrogens with zero attached hydrogens (tertiary/aromatic N) is 3. The highest BCUT2D eigenvalue weighted by atomic mass is 16.5. The van der Waals surface area contributed by atoms with Gasteiger partial charge in [0.15, 0.2) is 6.10 Å². The summed E-state index contributed by atoms with van der Waals surface area (Å²) in [7, 11) is 0. The lowest BCUT2D eigenvalue weighted by Gasteiger charge is -2.34. The molecule has 2 aliphatic rings. The highest BCUT2D eigenvalue weighted by Crippen LogP contribution is 2.33. The van der Waals surface area contributed by atoms with Gasteiger partial charge in [0.2, 0.25) is 5.91 Å². The molecule has 1 fully saturated rings. The minimum absolute atomic E-state index is 0.0264. The van der Waals surface area contributed by atoms with Crippen LogP contribution in [0.3, 0.4) is 0 Å². The Labute approximate surface area is 170 Å². The summed E-state index contributed by atoms with van der Waals surface area (Å²) in [4.78, 5) is 33.4. The number of amides is 2. The Hall–Kier alpha value is -2.93. The number of anilines is 1. The van der Waals surface area contributed by atoms with Gasteiger partial charge in [-0.1, -0.05) is 12.1 Å². The molecule has 4 rings (SSSR count). The lowest BCUT2D eigenvalue weighted by Crippen LogP contribution is -2.50. The fourth-order valence-corrected chi connectivity index (χ4v) is 3.75. The van der Waals surface area contributed by atoms with Crippen LogP contribution in [0, 0.1) is 0 Å². The Bertz CT molecular complexity index is 867. The van der Waals surface area contributed by atoms with E-state index >= 15 is 0 Å². The van der Waals surface area contributed by atoms with Crippen LogP contribution in [0.15, 0.2) is 48.8 Å². The third-order valence-corrected chi connectivity index (χ3v) is 5.29. The Morgan fingerprint density at radius 1 is 1.24 bits per heavy atom. The molecule has 2 atom stereocenters. The second-order valence-corrected chi connectivity index (χ2v) is 7.42. The van der Waals surface area contributed by atoms with E-state index in [1.54, 1.807) is 30.3 Å². The molecular weight excluding hydrogens is 370 g/mol. The van der Waals surface area contributed by atoms with E-state index in [1.807, 2.05) is 30.3 Å². The predicted octanol–water partition coefficient (Wildman–Crippen LogP) is 2.40.